The molecule has 0 amide bonds. The van der Waals surface area contributed by atoms with E-state index in [0.717, 1.165) is 44.3 Å². The molecule has 1 aliphatic carbocycles. The van der Waals surface area contributed by atoms with E-state index < -0.39 is 0 Å². The van der Waals surface area contributed by atoms with Crippen molar-refractivity contribution in [2.75, 3.05) is 6.54 Å². The van der Waals surface area contributed by atoms with Crippen molar-refractivity contribution >= 4 is 5.69 Å². The summed E-state index contributed by atoms with van der Waals surface area (Å²) >= 11 is 0. The van der Waals surface area contributed by atoms with E-state index >= 15 is 0 Å². The summed E-state index contributed by atoms with van der Waals surface area (Å²) in [6, 6.07) is 7.96. The van der Waals surface area contributed by atoms with Gasteiger partial charge < -0.3 is 5.73 Å². The zero-order valence-electron chi connectivity index (χ0n) is 15.0. The van der Waals surface area contributed by atoms with Crippen LogP contribution in [0, 0.1) is 16.0 Å². The van der Waals surface area contributed by atoms with Crippen LogP contribution in [0.5, 0.6) is 0 Å². The van der Waals surface area contributed by atoms with Gasteiger partial charge >= 0.3 is 0 Å². The van der Waals surface area contributed by atoms with Gasteiger partial charge in [-0.25, -0.2) is 0 Å². The Labute approximate surface area is 145 Å². The second-order valence-electron chi connectivity index (χ2n) is 7.10. The number of non-ortho nitro benzene ring substituents is 1. The van der Waals surface area contributed by atoms with Crippen LogP contribution in [0.15, 0.2) is 24.3 Å². The van der Waals surface area contributed by atoms with E-state index in [1.54, 1.807) is 12.1 Å². The fraction of sp³-hybridized carbons (Fsp3) is 0.684. The van der Waals surface area contributed by atoms with Crippen molar-refractivity contribution in [1.82, 2.24) is 4.90 Å². The summed E-state index contributed by atoms with van der Waals surface area (Å²) in [5.41, 5.74) is 7.38. The van der Waals surface area contributed by atoms with E-state index in [2.05, 4.69) is 18.7 Å². The highest BCUT2D eigenvalue weighted by molar-refractivity contribution is 5.32. The number of rotatable bonds is 8. The molecule has 0 spiro atoms. The van der Waals surface area contributed by atoms with Gasteiger partial charge in [0.25, 0.3) is 5.69 Å². The van der Waals surface area contributed by atoms with E-state index in [0.29, 0.717) is 18.0 Å². The summed E-state index contributed by atoms with van der Waals surface area (Å²) in [5, 5.41) is 10.8. The molecule has 1 aromatic rings. The molecule has 1 aromatic carbocycles. The minimum Gasteiger partial charge on any atom is -0.328 e. The quantitative estimate of drug-likeness (QED) is 0.574. The summed E-state index contributed by atoms with van der Waals surface area (Å²) in [6.45, 7) is 6.49. The average molecular weight is 333 g/mol. The van der Waals surface area contributed by atoms with Crippen molar-refractivity contribution in [3.05, 3.63) is 39.9 Å². The largest absolute Gasteiger partial charge is 0.328 e. The predicted molar refractivity (Wildman–Crippen MR) is 97.8 cm³/mol. The maximum Gasteiger partial charge on any atom is 0.269 e. The fourth-order valence-corrected chi connectivity index (χ4v) is 3.65. The Morgan fingerprint density at radius 1 is 1.17 bits per heavy atom. The molecule has 5 heteroatoms. The first kappa shape index (κ1) is 18.9. The maximum atomic E-state index is 10.8. The zero-order chi connectivity index (χ0) is 17.5. The van der Waals surface area contributed by atoms with Gasteiger partial charge in [0.2, 0.25) is 0 Å². The summed E-state index contributed by atoms with van der Waals surface area (Å²) < 4.78 is 0. The topological polar surface area (TPSA) is 72.4 Å². The number of nitrogens with zero attached hydrogens (tertiary/aromatic N) is 2. The molecular weight excluding hydrogens is 302 g/mol. The Hall–Kier alpha value is -1.46. The summed E-state index contributed by atoms with van der Waals surface area (Å²) in [5.74, 6) is 0.707. The highest BCUT2D eigenvalue weighted by Gasteiger charge is 2.25. The molecule has 0 unspecified atom stereocenters. The van der Waals surface area contributed by atoms with Crippen molar-refractivity contribution < 1.29 is 4.92 Å². The molecule has 24 heavy (non-hydrogen) atoms. The molecule has 2 rings (SSSR count). The Morgan fingerprint density at radius 3 is 2.25 bits per heavy atom. The number of hydrogen-bond donors (Lipinski definition) is 1. The highest BCUT2D eigenvalue weighted by atomic mass is 16.6. The zero-order valence-corrected chi connectivity index (χ0v) is 15.0. The van der Waals surface area contributed by atoms with Gasteiger partial charge in [-0.15, -0.1) is 0 Å². The molecule has 1 fully saturated rings. The first-order chi connectivity index (χ1) is 11.5. The molecule has 134 valence electrons. The third kappa shape index (κ3) is 5.28. The van der Waals surface area contributed by atoms with E-state index in [4.69, 9.17) is 5.73 Å². The molecule has 0 bridgehead atoms. The van der Waals surface area contributed by atoms with E-state index in [1.165, 1.54) is 12.8 Å². The van der Waals surface area contributed by atoms with Crippen LogP contribution in [0.1, 0.15) is 57.9 Å². The maximum absolute atomic E-state index is 10.8. The molecule has 0 atom stereocenters. The van der Waals surface area contributed by atoms with Crippen LogP contribution in [-0.4, -0.2) is 28.5 Å². The molecule has 5 nitrogen and oxygen atoms in total. The normalized spacial score (nSPS) is 21.4. The highest BCUT2D eigenvalue weighted by Crippen LogP contribution is 2.26. The Kier molecular flexibility index (Phi) is 7.18. The van der Waals surface area contributed by atoms with Gasteiger partial charge in [-0.3, -0.25) is 15.0 Å². The van der Waals surface area contributed by atoms with Crippen LogP contribution < -0.4 is 5.73 Å². The minimum absolute atomic E-state index is 0.161. The number of nitro benzene ring substituents is 1. The van der Waals surface area contributed by atoms with Crippen molar-refractivity contribution in [3.8, 4) is 0 Å². The molecule has 0 heterocycles. The Balaban J connectivity index is 2.07. The van der Waals surface area contributed by atoms with Crippen molar-refractivity contribution in [3.63, 3.8) is 0 Å². The molecule has 2 N–H and O–H groups in total. The van der Waals surface area contributed by atoms with Crippen LogP contribution in [0.3, 0.4) is 0 Å². The van der Waals surface area contributed by atoms with Gasteiger partial charge in [0.15, 0.2) is 0 Å². The average Bonchev–Trinajstić information content (AvgIpc) is 2.59. The lowest BCUT2D eigenvalue weighted by atomic mass is 9.89. The Morgan fingerprint density at radius 2 is 1.75 bits per heavy atom. The number of nitrogens with two attached hydrogens (primary N) is 1. The van der Waals surface area contributed by atoms with Crippen LogP contribution >= 0.6 is 0 Å². The SMILES string of the molecule is CCC(CC)CN(Cc1ccc([N+](=O)[O-])cc1)C1CCC(N)CC1. The van der Waals surface area contributed by atoms with Gasteiger partial charge in [-0.1, -0.05) is 38.8 Å². The molecule has 0 aliphatic heterocycles. The number of benzene rings is 1. The summed E-state index contributed by atoms with van der Waals surface area (Å²) in [7, 11) is 0. The number of nitro groups is 1. The second kappa shape index (κ2) is 9.14. The van der Waals surface area contributed by atoms with Crippen LogP contribution in [0.4, 0.5) is 5.69 Å². The fourth-order valence-electron chi connectivity index (χ4n) is 3.65. The molecular formula is C19H31N3O2. The third-order valence-corrected chi connectivity index (χ3v) is 5.44. The summed E-state index contributed by atoms with van der Waals surface area (Å²) in [4.78, 5) is 13.1. The molecule has 0 saturated heterocycles. The lowest BCUT2D eigenvalue weighted by Crippen LogP contribution is -2.42. The van der Waals surface area contributed by atoms with Gasteiger partial charge in [0.1, 0.15) is 0 Å². The molecule has 1 aliphatic rings. The van der Waals surface area contributed by atoms with E-state index in [1.807, 2.05) is 12.1 Å². The number of hydrogen-bond acceptors (Lipinski definition) is 4. The molecule has 1 saturated carbocycles. The lowest BCUT2D eigenvalue weighted by molar-refractivity contribution is -0.384. The van der Waals surface area contributed by atoms with Gasteiger partial charge in [-0.2, -0.15) is 0 Å². The first-order valence-corrected chi connectivity index (χ1v) is 9.26. The van der Waals surface area contributed by atoms with E-state index in [9.17, 15) is 10.1 Å². The van der Waals surface area contributed by atoms with Crippen LogP contribution in [0.2, 0.25) is 0 Å². The third-order valence-electron chi connectivity index (χ3n) is 5.44. The minimum atomic E-state index is -0.339. The smallest absolute Gasteiger partial charge is 0.269 e. The van der Waals surface area contributed by atoms with Crippen LogP contribution in [0.25, 0.3) is 0 Å². The summed E-state index contributed by atoms with van der Waals surface area (Å²) in [6.07, 6.45) is 6.91. The van der Waals surface area contributed by atoms with Crippen LogP contribution in [-0.2, 0) is 6.54 Å². The predicted octanol–water partition coefficient (Wildman–Crippen LogP) is 4.10. The van der Waals surface area contributed by atoms with E-state index in [-0.39, 0.29) is 10.6 Å². The van der Waals surface area contributed by atoms with Crippen molar-refractivity contribution in [2.24, 2.45) is 11.7 Å². The van der Waals surface area contributed by atoms with Gasteiger partial charge in [0, 0.05) is 37.3 Å². The van der Waals surface area contributed by atoms with Crippen molar-refractivity contribution in [2.45, 2.75) is 71.0 Å². The molecule has 0 aromatic heterocycles. The van der Waals surface area contributed by atoms with Gasteiger partial charge in [0.05, 0.1) is 4.92 Å². The molecule has 0 radical (unpaired) electrons. The Bertz CT molecular complexity index is 506. The standard InChI is InChI=1S/C19H31N3O2/c1-3-15(4-2)13-21(18-11-7-17(20)8-12-18)14-16-5-9-19(10-6-16)22(23)24/h5-6,9-10,15,17-18H,3-4,7-8,11-14,20H2,1-2H3. The first-order valence-electron chi connectivity index (χ1n) is 9.26. The van der Waals surface area contributed by atoms with Crippen molar-refractivity contribution in [1.29, 1.82) is 0 Å². The monoisotopic (exact) mass is 333 g/mol. The lowest BCUT2D eigenvalue weighted by Gasteiger charge is -2.38. The van der Waals surface area contributed by atoms with Gasteiger partial charge in [-0.05, 0) is 37.2 Å². The second-order valence-corrected chi connectivity index (χ2v) is 7.10.